The third-order valence-electron chi connectivity index (χ3n) is 3.49. The van der Waals surface area contributed by atoms with Gasteiger partial charge in [0, 0.05) is 13.1 Å². The SMILES string of the molecule is CCOC(=O)CN(Cc1ccccc1)C[C@H](Cl)c1ccccc1. The summed E-state index contributed by atoms with van der Waals surface area (Å²) in [5, 5.41) is -0.172. The van der Waals surface area contributed by atoms with E-state index in [-0.39, 0.29) is 17.9 Å². The second-order valence-electron chi connectivity index (χ2n) is 5.34. The molecule has 0 amide bonds. The van der Waals surface area contributed by atoms with Crippen molar-refractivity contribution in [2.24, 2.45) is 0 Å². The summed E-state index contributed by atoms with van der Waals surface area (Å²) in [6.45, 7) is 3.68. The van der Waals surface area contributed by atoms with Crippen molar-refractivity contribution in [3.8, 4) is 0 Å². The number of hydrogen-bond donors (Lipinski definition) is 0. The van der Waals surface area contributed by atoms with E-state index in [4.69, 9.17) is 16.3 Å². The zero-order chi connectivity index (χ0) is 16.5. The predicted molar refractivity (Wildman–Crippen MR) is 93.4 cm³/mol. The smallest absolute Gasteiger partial charge is 0.320 e. The summed E-state index contributed by atoms with van der Waals surface area (Å²) in [5.74, 6) is -0.222. The normalized spacial score (nSPS) is 12.1. The average molecular weight is 332 g/mol. The largest absolute Gasteiger partial charge is 0.465 e. The molecule has 2 aromatic carbocycles. The number of esters is 1. The third kappa shape index (κ3) is 6.05. The van der Waals surface area contributed by atoms with Gasteiger partial charge in [0.1, 0.15) is 0 Å². The van der Waals surface area contributed by atoms with Crippen LogP contribution in [0.3, 0.4) is 0 Å². The molecule has 122 valence electrons. The van der Waals surface area contributed by atoms with Gasteiger partial charge in [0.2, 0.25) is 0 Å². The molecule has 0 aliphatic rings. The molecule has 0 saturated carbocycles. The summed E-state index contributed by atoms with van der Waals surface area (Å²) in [5.41, 5.74) is 2.20. The Bertz CT molecular complexity index is 589. The minimum absolute atomic E-state index is 0.172. The van der Waals surface area contributed by atoms with Gasteiger partial charge in [-0.2, -0.15) is 0 Å². The van der Waals surface area contributed by atoms with Gasteiger partial charge < -0.3 is 4.74 Å². The zero-order valence-corrected chi connectivity index (χ0v) is 14.1. The van der Waals surface area contributed by atoms with Gasteiger partial charge in [0.25, 0.3) is 0 Å². The first-order valence-electron chi connectivity index (χ1n) is 7.80. The fraction of sp³-hybridized carbons (Fsp3) is 0.316. The highest BCUT2D eigenvalue weighted by Gasteiger charge is 2.17. The highest BCUT2D eigenvalue weighted by molar-refractivity contribution is 6.21. The van der Waals surface area contributed by atoms with E-state index in [1.54, 1.807) is 0 Å². The molecule has 0 unspecified atom stereocenters. The van der Waals surface area contributed by atoms with E-state index in [2.05, 4.69) is 0 Å². The second-order valence-corrected chi connectivity index (χ2v) is 5.87. The standard InChI is InChI=1S/C19H22ClNO2/c1-2-23-19(22)15-21(13-16-9-5-3-6-10-16)14-18(20)17-11-7-4-8-12-17/h3-12,18H,2,13-15H2,1H3/t18-/m0/s1. The quantitative estimate of drug-likeness (QED) is 0.540. The van der Waals surface area contributed by atoms with Crippen LogP contribution in [0.1, 0.15) is 23.4 Å². The van der Waals surface area contributed by atoms with Crippen LogP contribution in [-0.4, -0.2) is 30.6 Å². The molecule has 0 aliphatic heterocycles. The summed E-state index contributed by atoms with van der Waals surface area (Å²) in [6, 6.07) is 20.0. The Labute approximate surface area is 142 Å². The van der Waals surface area contributed by atoms with Crippen LogP contribution in [0.2, 0.25) is 0 Å². The maximum absolute atomic E-state index is 11.9. The van der Waals surface area contributed by atoms with Gasteiger partial charge in [0.05, 0.1) is 18.5 Å². The lowest BCUT2D eigenvalue weighted by atomic mass is 10.1. The summed E-state index contributed by atoms with van der Waals surface area (Å²) >= 11 is 6.53. The van der Waals surface area contributed by atoms with Gasteiger partial charge in [-0.05, 0) is 18.1 Å². The van der Waals surface area contributed by atoms with E-state index in [0.29, 0.717) is 19.7 Å². The van der Waals surface area contributed by atoms with Crippen LogP contribution >= 0.6 is 11.6 Å². The molecule has 0 heterocycles. The molecule has 0 aliphatic carbocycles. The number of carbonyl (C=O) groups excluding carboxylic acids is 1. The van der Waals surface area contributed by atoms with Crippen LogP contribution in [0.15, 0.2) is 60.7 Å². The monoisotopic (exact) mass is 331 g/mol. The summed E-state index contributed by atoms with van der Waals surface area (Å²) in [7, 11) is 0. The van der Waals surface area contributed by atoms with Gasteiger partial charge in [-0.3, -0.25) is 9.69 Å². The number of nitrogens with zero attached hydrogens (tertiary/aromatic N) is 1. The number of carbonyl (C=O) groups is 1. The fourth-order valence-electron chi connectivity index (χ4n) is 2.41. The molecule has 0 radical (unpaired) electrons. The summed E-state index contributed by atoms with van der Waals surface area (Å²) in [4.78, 5) is 13.9. The van der Waals surface area contributed by atoms with Crippen molar-refractivity contribution < 1.29 is 9.53 Å². The van der Waals surface area contributed by atoms with Crippen LogP contribution in [0, 0.1) is 0 Å². The van der Waals surface area contributed by atoms with E-state index < -0.39 is 0 Å². The zero-order valence-electron chi connectivity index (χ0n) is 13.3. The van der Waals surface area contributed by atoms with Crippen LogP contribution in [0.4, 0.5) is 0 Å². The van der Waals surface area contributed by atoms with Gasteiger partial charge in [-0.25, -0.2) is 0 Å². The van der Waals surface area contributed by atoms with E-state index >= 15 is 0 Å². The molecule has 0 fully saturated rings. The molecule has 2 aromatic rings. The van der Waals surface area contributed by atoms with Crippen molar-refractivity contribution in [2.45, 2.75) is 18.8 Å². The van der Waals surface area contributed by atoms with Crippen molar-refractivity contribution in [1.29, 1.82) is 0 Å². The molecule has 3 nitrogen and oxygen atoms in total. The van der Waals surface area contributed by atoms with Crippen LogP contribution in [0.25, 0.3) is 0 Å². The first-order chi connectivity index (χ1) is 11.2. The molecule has 0 bridgehead atoms. The molecule has 23 heavy (non-hydrogen) atoms. The van der Waals surface area contributed by atoms with E-state index in [9.17, 15) is 4.79 Å². The van der Waals surface area contributed by atoms with E-state index in [1.807, 2.05) is 72.5 Å². The van der Waals surface area contributed by atoms with Gasteiger partial charge >= 0.3 is 5.97 Å². The van der Waals surface area contributed by atoms with Gasteiger partial charge in [-0.15, -0.1) is 11.6 Å². The number of ether oxygens (including phenoxy) is 1. The molecule has 0 aromatic heterocycles. The summed E-state index contributed by atoms with van der Waals surface area (Å²) < 4.78 is 5.07. The Kier molecular flexibility index (Phi) is 7.11. The summed E-state index contributed by atoms with van der Waals surface area (Å²) in [6.07, 6.45) is 0. The topological polar surface area (TPSA) is 29.5 Å². The molecule has 1 atom stereocenters. The molecule has 0 saturated heterocycles. The van der Waals surface area contributed by atoms with Crippen LogP contribution in [-0.2, 0) is 16.1 Å². The maximum atomic E-state index is 11.9. The first-order valence-corrected chi connectivity index (χ1v) is 8.23. The lowest BCUT2D eigenvalue weighted by molar-refractivity contribution is -0.144. The third-order valence-corrected chi connectivity index (χ3v) is 3.88. The Hall–Kier alpha value is -1.84. The minimum atomic E-state index is -0.222. The maximum Gasteiger partial charge on any atom is 0.320 e. The number of halogens is 1. The molecule has 4 heteroatoms. The van der Waals surface area contributed by atoms with Gasteiger partial charge in [0.15, 0.2) is 0 Å². The van der Waals surface area contributed by atoms with Crippen LogP contribution < -0.4 is 0 Å². The fourth-order valence-corrected chi connectivity index (χ4v) is 2.75. The van der Waals surface area contributed by atoms with Gasteiger partial charge in [-0.1, -0.05) is 60.7 Å². The highest BCUT2D eigenvalue weighted by atomic mass is 35.5. The minimum Gasteiger partial charge on any atom is -0.465 e. The number of hydrogen-bond acceptors (Lipinski definition) is 3. The van der Waals surface area contributed by atoms with Crippen molar-refractivity contribution >= 4 is 17.6 Å². The molecular formula is C19H22ClNO2. The lowest BCUT2D eigenvalue weighted by Gasteiger charge is -2.24. The first kappa shape index (κ1) is 17.5. The van der Waals surface area contributed by atoms with Crippen molar-refractivity contribution in [3.63, 3.8) is 0 Å². The lowest BCUT2D eigenvalue weighted by Crippen LogP contribution is -2.33. The van der Waals surface area contributed by atoms with Crippen molar-refractivity contribution in [2.75, 3.05) is 19.7 Å². The van der Waals surface area contributed by atoms with E-state index in [1.165, 1.54) is 0 Å². The Morgan fingerprint density at radius 2 is 1.70 bits per heavy atom. The molecule has 0 N–H and O–H groups in total. The van der Waals surface area contributed by atoms with Crippen molar-refractivity contribution in [1.82, 2.24) is 4.90 Å². The highest BCUT2D eigenvalue weighted by Crippen LogP contribution is 2.22. The van der Waals surface area contributed by atoms with E-state index in [0.717, 1.165) is 11.1 Å². The molecule has 2 rings (SSSR count). The number of rotatable bonds is 8. The Morgan fingerprint density at radius 3 is 2.30 bits per heavy atom. The molecular weight excluding hydrogens is 310 g/mol. The predicted octanol–water partition coefficient (Wildman–Crippen LogP) is 4.03. The Morgan fingerprint density at radius 1 is 1.09 bits per heavy atom. The molecule has 0 spiro atoms. The number of alkyl halides is 1. The number of benzene rings is 2. The Balaban J connectivity index is 2.04. The average Bonchev–Trinajstić information content (AvgIpc) is 2.56. The second kappa shape index (κ2) is 9.33. The van der Waals surface area contributed by atoms with Crippen LogP contribution in [0.5, 0.6) is 0 Å². The van der Waals surface area contributed by atoms with Crippen molar-refractivity contribution in [3.05, 3.63) is 71.8 Å².